The minimum absolute atomic E-state index is 0.0595. The number of ether oxygens (including phenoxy) is 1. The van der Waals surface area contributed by atoms with Crippen LogP contribution in [0.15, 0.2) is 30.3 Å². The van der Waals surface area contributed by atoms with Gasteiger partial charge in [0, 0.05) is 12.1 Å². The molecule has 0 saturated carbocycles. The van der Waals surface area contributed by atoms with Gasteiger partial charge in [0.05, 0.1) is 11.8 Å². The van der Waals surface area contributed by atoms with Crippen LogP contribution >= 0.6 is 0 Å². The molecular formula is C15H17F2N3O. The Morgan fingerprint density at radius 3 is 2.71 bits per heavy atom. The van der Waals surface area contributed by atoms with Crippen molar-refractivity contribution < 1.29 is 13.5 Å². The smallest absolute Gasteiger partial charge is 0.239 e. The Bertz CT molecular complexity index is 632. The summed E-state index contributed by atoms with van der Waals surface area (Å²) in [6.07, 6.45) is -0.0595. The van der Waals surface area contributed by atoms with Gasteiger partial charge in [-0.1, -0.05) is 0 Å². The van der Waals surface area contributed by atoms with Crippen LogP contribution in [0, 0.1) is 11.6 Å². The second kappa shape index (κ2) is 6.39. The lowest BCUT2D eigenvalue weighted by Gasteiger charge is -2.13. The molecule has 0 radical (unpaired) electrons. The van der Waals surface area contributed by atoms with Gasteiger partial charge in [-0.15, -0.1) is 0 Å². The third-order valence-corrected chi connectivity index (χ3v) is 2.70. The van der Waals surface area contributed by atoms with Gasteiger partial charge in [0.1, 0.15) is 17.5 Å². The highest BCUT2D eigenvalue weighted by Crippen LogP contribution is 2.22. The van der Waals surface area contributed by atoms with Gasteiger partial charge in [-0.05, 0) is 44.2 Å². The van der Waals surface area contributed by atoms with E-state index in [1.807, 2.05) is 13.8 Å². The minimum atomic E-state index is -0.484. The van der Waals surface area contributed by atoms with E-state index in [1.54, 1.807) is 12.1 Å². The van der Waals surface area contributed by atoms with Crippen LogP contribution in [0.1, 0.15) is 19.4 Å². The van der Waals surface area contributed by atoms with Crippen molar-refractivity contribution in [1.82, 2.24) is 4.98 Å². The van der Waals surface area contributed by atoms with Crippen LogP contribution in [-0.4, -0.2) is 11.1 Å². The van der Waals surface area contributed by atoms with E-state index in [-0.39, 0.29) is 18.2 Å². The lowest BCUT2D eigenvalue weighted by Crippen LogP contribution is -2.10. The number of halogens is 2. The van der Waals surface area contributed by atoms with Crippen molar-refractivity contribution in [2.45, 2.75) is 26.5 Å². The average Bonchev–Trinajstić information content (AvgIpc) is 2.42. The molecule has 3 N–H and O–H groups in total. The zero-order valence-corrected chi connectivity index (χ0v) is 11.9. The van der Waals surface area contributed by atoms with Crippen LogP contribution in [-0.2, 0) is 6.54 Å². The molecular weight excluding hydrogens is 276 g/mol. The van der Waals surface area contributed by atoms with Gasteiger partial charge in [-0.3, -0.25) is 0 Å². The molecule has 0 aliphatic heterocycles. The molecule has 0 spiro atoms. The predicted octanol–water partition coefficient (Wildman–Crippen LogP) is 3.34. The van der Waals surface area contributed by atoms with E-state index in [2.05, 4.69) is 10.3 Å². The van der Waals surface area contributed by atoms with E-state index in [9.17, 15) is 8.78 Å². The van der Waals surface area contributed by atoms with Crippen LogP contribution in [0.25, 0.3) is 0 Å². The zero-order valence-electron chi connectivity index (χ0n) is 11.9. The van der Waals surface area contributed by atoms with Crippen molar-refractivity contribution in [3.8, 4) is 5.88 Å². The van der Waals surface area contributed by atoms with Gasteiger partial charge in [0.2, 0.25) is 5.88 Å². The molecule has 0 saturated heterocycles. The minimum Gasteiger partial charge on any atom is -0.473 e. The lowest BCUT2D eigenvalue weighted by atomic mass is 10.2. The van der Waals surface area contributed by atoms with E-state index in [0.717, 1.165) is 18.2 Å². The molecule has 1 heterocycles. The van der Waals surface area contributed by atoms with Crippen LogP contribution in [0.2, 0.25) is 0 Å². The van der Waals surface area contributed by atoms with E-state index >= 15 is 0 Å². The number of hydrogen-bond acceptors (Lipinski definition) is 4. The fraction of sp³-hybridized carbons (Fsp3) is 0.267. The molecule has 0 atom stereocenters. The first kappa shape index (κ1) is 15.0. The number of nitrogen functional groups attached to an aromatic ring is 1. The number of anilines is 2. The molecule has 0 aliphatic carbocycles. The molecule has 1 aromatic carbocycles. The van der Waals surface area contributed by atoms with Gasteiger partial charge in [-0.25, -0.2) is 8.78 Å². The SMILES string of the molecule is CC(C)Oc1nc(NCc2cc(F)ccc2F)ccc1N. The number of pyridine rings is 1. The van der Waals surface area contributed by atoms with Gasteiger partial charge < -0.3 is 15.8 Å². The summed E-state index contributed by atoms with van der Waals surface area (Å²) < 4.78 is 32.1. The monoisotopic (exact) mass is 293 g/mol. The molecule has 0 fully saturated rings. The Balaban J connectivity index is 2.11. The summed E-state index contributed by atoms with van der Waals surface area (Å²) in [5.74, 6) is -0.168. The molecule has 2 aromatic rings. The van der Waals surface area contributed by atoms with E-state index in [0.29, 0.717) is 17.4 Å². The van der Waals surface area contributed by atoms with Crippen molar-refractivity contribution in [3.05, 3.63) is 47.5 Å². The summed E-state index contributed by atoms with van der Waals surface area (Å²) in [6, 6.07) is 6.62. The van der Waals surface area contributed by atoms with Gasteiger partial charge in [-0.2, -0.15) is 4.98 Å². The third kappa shape index (κ3) is 4.05. The molecule has 112 valence electrons. The fourth-order valence-corrected chi connectivity index (χ4v) is 1.73. The Morgan fingerprint density at radius 2 is 2.00 bits per heavy atom. The van der Waals surface area contributed by atoms with Crippen molar-refractivity contribution in [3.63, 3.8) is 0 Å². The summed E-state index contributed by atoms with van der Waals surface area (Å²) in [5, 5.41) is 2.92. The molecule has 4 nitrogen and oxygen atoms in total. The van der Waals surface area contributed by atoms with Crippen LogP contribution < -0.4 is 15.8 Å². The summed E-state index contributed by atoms with van der Waals surface area (Å²) >= 11 is 0. The molecule has 0 bridgehead atoms. The lowest BCUT2D eigenvalue weighted by molar-refractivity contribution is 0.234. The van der Waals surface area contributed by atoms with E-state index in [4.69, 9.17) is 10.5 Å². The third-order valence-electron chi connectivity index (χ3n) is 2.70. The van der Waals surface area contributed by atoms with E-state index in [1.165, 1.54) is 0 Å². The topological polar surface area (TPSA) is 60.2 Å². The number of nitrogens with zero attached hydrogens (tertiary/aromatic N) is 1. The van der Waals surface area contributed by atoms with Crippen molar-refractivity contribution in [2.24, 2.45) is 0 Å². The Kier molecular flexibility index (Phi) is 4.57. The van der Waals surface area contributed by atoms with Crippen LogP contribution in [0.4, 0.5) is 20.3 Å². The first-order valence-electron chi connectivity index (χ1n) is 6.56. The van der Waals surface area contributed by atoms with Crippen molar-refractivity contribution in [1.29, 1.82) is 0 Å². The average molecular weight is 293 g/mol. The van der Waals surface area contributed by atoms with Gasteiger partial charge >= 0.3 is 0 Å². The highest BCUT2D eigenvalue weighted by atomic mass is 19.1. The Morgan fingerprint density at radius 1 is 1.24 bits per heavy atom. The number of nitrogens with one attached hydrogen (secondary N) is 1. The quantitative estimate of drug-likeness (QED) is 0.887. The molecule has 1 aromatic heterocycles. The molecule has 2 rings (SSSR count). The molecule has 0 aliphatic rings. The predicted molar refractivity (Wildman–Crippen MR) is 78.1 cm³/mol. The second-order valence-corrected chi connectivity index (χ2v) is 4.85. The fourth-order valence-electron chi connectivity index (χ4n) is 1.73. The maximum Gasteiger partial charge on any atom is 0.239 e. The standard InChI is InChI=1S/C15H17F2N3O/c1-9(2)21-15-13(18)5-6-14(20-15)19-8-10-7-11(16)3-4-12(10)17/h3-7,9H,8,18H2,1-2H3,(H,19,20). The largest absolute Gasteiger partial charge is 0.473 e. The first-order chi connectivity index (χ1) is 9.95. The Labute approximate surface area is 122 Å². The first-order valence-corrected chi connectivity index (χ1v) is 6.56. The highest BCUT2D eigenvalue weighted by Gasteiger charge is 2.08. The van der Waals surface area contributed by atoms with Gasteiger partial charge in [0.15, 0.2) is 0 Å². The molecule has 6 heteroatoms. The maximum absolute atomic E-state index is 13.5. The van der Waals surface area contributed by atoms with Crippen LogP contribution in [0.5, 0.6) is 5.88 Å². The maximum atomic E-state index is 13.5. The molecule has 21 heavy (non-hydrogen) atoms. The number of rotatable bonds is 5. The summed E-state index contributed by atoms with van der Waals surface area (Å²) in [5.41, 5.74) is 6.41. The summed E-state index contributed by atoms with van der Waals surface area (Å²) in [4.78, 5) is 4.21. The van der Waals surface area contributed by atoms with Crippen molar-refractivity contribution in [2.75, 3.05) is 11.1 Å². The normalized spacial score (nSPS) is 10.7. The summed E-state index contributed by atoms with van der Waals surface area (Å²) in [6.45, 7) is 3.84. The van der Waals surface area contributed by atoms with Crippen molar-refractivity contribution >= 4 is 11.5 Å². The zero-order chi connectivity index (χ0) is 15.4. The van der Waals surface area contributed by atoms with Crippen LogP contribution in [0.3, 0.4) is 0 Å². The van der Waals surface area contributed by atoms with E-state index < -0.39 is 11.6 Å². The Hall–Kier alpha value is -2.37. The number of nitrogens with two attached hydrogens (primary N) is 1. The molecule has 0 amide bonds. The molecule has 0 unspecified atom stereocenters. The second-order valence-electron chi connectivity index (χ2n) is 4.85. The van der Waals surface area contributed by atoms with Gasteiger partial charge in [0.25, 0.3) is 0 Å². The highest BCUT2D eigenvalue weighted by molar-refractivity contribution is 5.53. The summed E-state index contributed by atoms with van der Waals surface area (Å²) in [7, 11) is 0. The number of hydrogen-bond donors (Lipinski definition) is 2. The number of benzene rings is 1. The number of aromatic nitrogens is 1.